The molecule has 2 aromatic carbocycles. The molecule has 0 aliphatic rings. The van der Waals surface area contributed by atoms with Gasteiger partial charge in [0.2, 0.25) is 0 Å². The smallest absolute Gasteiger partial charge is 0.318 e. The average molecular weight is 360 g/mol. The standard InChI is InChI=1S/C24H26NO2/c1-18-16-19(2)25(20(3)17-18)14-15-27-24(26)23(21-10-6-4-7-11-21)22-12-8-5-9-13-22/h4-13,16-17,23H,14-15H2,1-3H3/q+1. The monoisotopic (exact) mass is 360 g/mol. The summed E-state index contributed by atoms with van der Waals surface area (Å²) in [6.07, 6.45) is 0. The minimum absolute atomic E-state index is 0.213. The Morgan fingerprint density at radius 1 is 0.852 bits per heavy atom. The van der Waals surface area contributed by atoms with Crippen molar-refractivity contribution in [1.29, 1.82) is 0 Å². The maximum absolute atomic E-state index is 12.9. The summed E-state index contributed by atoms with van der Waals surface area (Å²) in [4.78, 5) is 12.9. The number of aryl methyl sites for hydroxylation is 3. The summed E-state index contributed by atoms with van der Waals surface area (Å²) in [5.74, 6) is -0.618. The SMILES string of the molecule is Cc1cc(C)[n+](CCOC(=O)C(c2ccccc2)c2ccccc2)c(C)c1. The molecule has 0 radical (unpaired) electrons. The Morgan fingerprint density at radius 2 is 1.33 bits per heavy atom. The summed E-state index contributed by atoms with van der Waals surface area (Å²) in [7, 11) is 0. The third-order valence-corrected chi connectivity index (χ3v) is 4.79. The lowest BCUT2D eigenvalue weighted by Crippen LogP contribution is -2.42. The van der Waals surface area contributed by atoms with Crippen LogP contribution < -0.4 is 4.57 Å². The molecular weight excluding hydrogens is 334 g/mol. The summed E-state index contributed by atoms with van der Waals surface area (Å²) in [6, 6.07) is 23.9. The van der Waals surface area contributed by atoms with Crippen LogP contribution in [0.25, 0.3) is 0 Å². The fourth-order valence-electron chi connectivity index (χ4n) is 3.56. The molecule has 27 heavy (non-hydrogen) atoms. The molecule has 3 aromatic rings. The molecule has 1 aromatic heterocycles. The quantitative estimate of drug-likeness (QED) is 0.485. The Balaban J connectivity index is 1.74. The summed E-state index contributed by atoms with van der Waals surface area (Å²) in [6.45, 7) is 7.26. The van der Waals surface area contributed by atoms with E-state index in [-0.39, 0.29) is 5.97 Å². The van der Waals surface area contributed by atoms with Crippen LogP contribution in [-0.2, 0) is 16.1 Å². The van der Waals surface area contributed by atoms with Gasteiger partial charge >= 0.3 is 5.97 Å². The number of esters is 1. The first kappa shape index (κ1) is 18.8. The molecule has 0 saturated heterocycles. The van der Waals surface area contributed by atoms with Gasteiger partial charge in [-0.25, -0.2) is 0 Å². The molecule has 0 aliphatic carbocycles. The first-order chi connectivity index (χ1) is 13.1. The number of benzene rings is 2. The minimum atomic E-state index is -0.405. The zero-order chi connectivity index (χ0) is 19.2. The highest BCUT2D eigenvalue weighted by Gasteiger charge is 2.24. The summed E-state index contributed by atoms with van der Waals surface area (Å²) in [5.41, 5.74) is 5.48. The van der Waals surface area contributed by atoms with Crippen LogP contribution in [0.5, 0.6) is 0 Å². The van der Waals surface area contributed by atoms with E-state index < -0.39 is 5.92 Å². The number of rotatable bonds is 6. The Labute approximate surface area is 161 Å². The fourth-order valence-corrected chi connectivity index (χ4v) is 3.56. The third kappa shape index (κ3) is 4.62. The van der Waals surface area contributed by atoms with Gasteiger partial charge in [-0.05, 0) is 23.6 Å². The van der Waals surface area contributed by atoms with Gasteiger partial charge in [-0.15, -0.1) is 0 Å². The predicted molar refractivity (Wildman–Crippen MR) is 107 cm³/mol. The average Bonchev–Trinajstić information content (AvgIpc) is 2.66. The van der Waals surface area contributed by atoms with Crippen molar-refractivity contribution in [2.24, 2.45) is 0 Å². The normalized spacial score (nSPS) is 10.8. The van der Waals surface area contributed by atoms with Gasteiger partial charge in [-0.3, -0.25) is 4.79 Å². The Hall–Kier alpha value is -2.94. The largest absolute Gasteiger partial charge is 0.458 e. The number of carbonyl (C=O) groups is 1. The number of carbonyl (C=O) groups excluding carboxylic acids is 1. The van der Waals surface area contributed by atoms with Gasteiger partial charge in [0.25, 0.3) is 0 Å². The maximum Gasteiger partial charge on any atom is 0.318 e. The second-order valence-corrected chi connectivity index (χ2v) is 6.89. The van der Waals surface area contributed by atoms with Gasteiger partial charge in [0.15, 0.2) is 24.5 Å². The van der Waals surface area contributed by atoms with Crippen molar-refractivity contribution >= 4 is 5.97 Å². The van der Waals surface area contributed by atoms with Crippen LogP contribution >= 0.6 is 0 Å². The van der Waals surface area contributed by atoms with Crippen molar-refractivity contribution in [3.05, 3.63) is 101 Å². The first-order valence-corrected chi connectivity index (χ1v) is 9.30. The molecule has 0 unspecified atom stereocenters. The number of pyridine rings is 1. The van der Waals surface area contributed by atoms with Gasteiger partial charge in [0.1, 0.15) is 5.92 Å². The lowest BCUT2D eigenvalue weighted by atomic mass is 9.91. The van der Waals surface area contributed by atoms with Crippen LogP contribution in [0.2, 0.25) is 0 Å². The van der Waals surface area contributed by atoms with Crippen molar-refractivity contribution in [2.45, 2.75) is 33.2 Å². The lowest BCUT2D eigenvalue weighted by molar-refractivity contribution is -0.709. The maximum atomic E-state index is 12.9. The van der Waals surface area contributed by atoms with Crippen LogP contribution in [0.3, 0.4) is 0 Å². The Morgan fingerprint density at radius 3 is 1.81 bits per heavy atom. The summed E-state index contributed by atoms with van der Waals surface area (Å²) >= 11 is 0. The lowest BCUT2D eigenvalue weighted by Gasteiger charge is -2.17. The molecule has 0 bridgehead atoms. The number of hydrogen-bond acceptors (Lipinski definition) is 2. The highest BCUT2D eigenvalue weighted by molar-refractivity contribution is 5.82. The first-order valence-electron chi connectivity index (χ1n) is 9.30. The molecule has 3 heteroatoms. The van der Waals surface area contributed by atoms with Crippen molar-refractivity contribution in [2.75, 3.05) is 6.61 Å². The highest BCUT2D eigenvalue weighted by Crippen LogP contribution is 2.25. The highest BCUT2D eigenvalue weighted by atomic mass is 16.5. The van der Waals surface area contributed by atoms with Gasteiger partial charge in [0, 0.05) is 26.0 Å². The van der Waals surface area contributed by atoms with Crippen LogP contribution in [-0.4, -0.2) is 12.6 Å². The Bertz CT molecular complexity index is 842. The molecule has 0 amide bonds. The van der Waals surface area contributed by atoms with Crippen LogP contribution in [0.4, 0.5) is 0 Å². The number of aromatic nitrogens is 1. The van der Waals surface area contributed by atoms with E-state index in [1.165, 1.54) is 17.0 Å². The molecule has 0 N–H and O–H groups in total. The molecule has 3 rings (SSSR count). The fraction of sp³-hybridized carbons (Fsp3) is 0.250. The van der Waals surface area contributed by atoms with Crippen molar-refractivity contribution in [3.63, 3.8) is 0 Å². The second kappa shape index (κ2) is 8.63. The molecule has 138 valence electrons. The van der Waals surface area contributed by atoms with E-state index in [4.69, 9.17) is 4.74 Å². The Kier molecular flexibility index (Phi) is 6.02. The van der Waals surface area contributed by atoms with Crippen molar-refractivity contribution < 1.29 is 14.1 Å². The molecular formula is C24H26NO2+. The van der Waals surface area contributed by atoms with E-state index in [0.29, 0.717) is 13.2 Å². The van der Waals surface area contributed by atoms with E-state index in [1.807, 2.05) is 60.7 Å². The van der Waals surface area contributed by atoms with Crippen LogP contribution in [0.15, 0.2) is 72.8 Å². The van der Waals surface area contributed by atoms with Gasteiger partial charge in [-0.2, -0.15) is 4.57 Å². The summed E-state index contributed by atoms with van der Waals surface area (Å²) < 4.78 is 7.88. The number of ether oxygens (including phenoxy) is 1. The summed E-state index contributed by atoms with van der Waals surface area (Å²) in [5, 5.41) is 0. The second-order valence-electron chi connectivity index (χ2n) is 6.89. The van der Waals surface area contributed by atoms with E-state index in [1.54, 1.807) is 0 Å². The van der Waals surface area contributed by atoms with E-state index in [2.05, 4.69) is 37.5 Å². The molecule has 3 nitrogen and oxygen atoms in total. The number of hydrogen-bond donors (Lipinski definition) is 0. The zero-order valence-corrected chi connectivity index (χ0v) is 16.2. The van der Waals surface area contributed by atoms with Crippen LogP contribution in [0, 0.1) is 20.8 Å². The number of nitrogens with zero attached hydrogens (tertiary/aromatic N) is 1. The van der Waals surface area contributed by atoms with Gasteiger partial charge < -0.3 is 4.74 Å². The predicted octanol–water partition coefficient (Wildman–Crippen LogP) is 4.27. The molecule has 1 heterocycles. The third-order valence-electron chi connectivity index (χ3n) is 4.79. The zero-order valence-electron chi connectivity index (χ0n) is 16.2. The molecule has 0 fully saturated rings. The molecule has 0 aliphatic heterocycles. The van der Waals surface area contributed by atoms with Crippen molar-refractivity contribution in [3.8, 4) is 0 Å². The van der Waals surface area contributed by atoms with E-state index >= 15 is 0 Å². The van der Waals surface area contributed by atoms with Gasteiger partial charge in [0.05, 0.1) is 0 Å². The van der Waals surface area contributed by atoms with Crippen molar-refractivity contribution in [1.82, 2.24) is 0 Å². The minimum Gasteiger partial charge on any atom is -0.458 e. The molecule has 0 spiro atoms. The molecule has 0 atom stereocenters. The topological polar surface area (TPSA) is 30.2 Å². The van der Waals surface area contributed by atoms with Crippen LogP contribution in [0.1, 0.15) is 34.0 Å². The van der Waals surface area contributed by atoms with E-state index in [0.717, 1.165) is 11.1 Å². The van der Waals surface area contributed by atoms with E-state index in [9.17, 15) is 4.79 Å². The molecule has 0 saturated carbocycles. The van der Waals surface area contributed by atoms with Gasteiger partial charge in [-0.1, -0.05) is 60.7 Å².